The van der Waals surface area contributed by atoms with E-state index in [1.807, 2.05) is 14.0 Å². The minimum atomic E-state index is 1.04. The second kappa shape index (κ2) is 2.82. The third-order valence-electron chi connectivity index (χ3n) is 1.46. The number of aromatic nitrogens is 3. The van der Waals surface area contributed by atoms with E-state index >= 15 is 0 Å². The average Bonchev–Trinajstić information content (AvgIpc) is 2.13. The first kappa shape index (κ1) is 7.25. The molecule has 0 aliphatic carbocycles. The average molecular weight is 139 g/mol. The molecule has 1 rings (SSSR count). The number of rotatable bonds is 2. The van der Waals surface area contributed by atoms with Crippen LogP contribution < -0.4 is 0 Å². The molecule has 0 amide bonds. The molecular formula is C7H13N3. The second-order valence-corrected chi connectivity index (χ2v) is 2.47. The van der Waals surface area contributed by atoms with Crippen molar-refractivity contribution >= 4 is 0 Å². The predicted octanol–water partition coefficient (Wildman–Crippen LogP) is 1.08. The molecule has 0 aliphatic rings. The first-order valence-electron chi connectivity index (χ1n) is 3.61. The van der Waals surface area contributed by atoms with Crippen LogP contribution in [0.5, 0.6) is 0 Å². The van der Waals surface area contributed by atoms with Crippen LogP contribution in [0.4, 0.5) is 0 Å². The highest BCUT2D eigenvalue weighted by molar-refractivity contribution is 5.05. The molecule has 10 heavy (non-hydrogen) atoms. The van der Waals surface area contributed by atoms with Crippen molar-refractivity contribution in [3.05, 3.63) is 11.4 Å². The Labute approximate surface area is 61.1 Å². The van der Waals surface area contributed by atoms with E-state index in [-0.39, 0.29) is 0 Å². The number of hydrogen-bond acceptors (Lipinski definition) is 2. The van der Waals surface area contributed by atoms with Gasteiger partial charge >= 0.3 is 0 Å². The third-order valence-corrected chi connectivity index (χ3v) is 1.46. The lowest BCUT2D eigenvalue weighted by Crippen LogP contribution is -1.92. The van der Waals surface area contributed by atoms with E-state index in [0.717, 1.165) is 24.2 Å². The Morgan fingerprint density at radius 2 is 2.10 bits per heavy atom. The first-order valence-corrected chi connectivity index (χ1v) is 3.61. The van der Waals surface area contributed by atoms with Crippen molar-refractivity contribution in [1.29, 1.82) is 0 Å². The van der Waals surface area contributed by atoms with Gasteiger partial charge in [-0.1, -0.05) is 13.3 Å². The molecule has 0 bridgehead atoms. The van der Waals surface area contributed by atoms with Crippen molar-refractivity contribution in [3.63, 3.8) is 0 Å². The summed E-state index contributed by atoms with van der Waals surface area (Å²) in [7, 11) is 1.85. The van der Waals surface area contributed by atoms with Crippen molar-refractivity contribution in [2.24, 2.45) is 7.05 Å². The van der Waals surface area contributed by atoms with Crippen molar-refractivity contribution in [2.45, 2.75) is 26.7 Å². The number of aryl methyl sites for hydroxylation is 3. The molecular weight excluding hydrogens is 126 g/mol. The maximum Gasteiger partial charge on any atom is 0.0856 e. The number of nitrogens with zero attached hydrogens (tertiary/aromatic N) is 3. The molecule has 3 heteroatoms. The van der Waals surface area contributed by atoms with E-state index in [0.29, 0.717) is 0 Å². The predicted molar refractivity (Wildman–Crippen MR) is 39.7 cm³/mol. The van der Waals surface area contributed by atoms with Gasteiger partial charge in [0.1, 0.15) is 0 Å². The molecule has 0 spiro atoms. The molecule has 0 atom stereocenters. The summed E-state index contributed by atoms with van der Waals surface area (Å²) in [5.41, 5.74) is 2.19. The van der Waals surface area contributed by atoms with Gasteiger partial charge < -0.3 is 0 Å². The molecule has 0 aromatic carbocycles. The van der Waals surface area contributed by atoms with Gasteiger partial charge in [0, 0.05) is 7.05 Å². The molecule has 0 fully saturated rings. The van der Waals surface area contributed by atoms with Crippen molar-refractivity contribution < 1.29 is 0 Å². The van der Waals surface area contributed by atoms with Crippen LogP contribution in [0.1, 0.15) is 24.7 Å². The summed E-state index contributed by atoms with van der Waals surface area (Å²) in [6.45, 7) is 4.14. The Hall–Kier alpha value is -0.860. The van der Waals surface area contributed by atoms with E-state index in [2.05, 4.69) is 17.1 Å². The Morgan fingerprint density at radius 1 is 1.40 bits per heavy atom. The van der Waals surface area contributed by atoms with Crippen LogP contribution in [0.3, 0.4) is 0 Å². The lowest BCUT2D eigenvalue weighted by Gasteiger charge is -1.88. The molecule has 0 N–H and O–H groups in total. The fraction of sp³-hybridized carbons (Fsp3) is 0.714. The highest BCUT2D eigenvalue weighted by Crippen LogP contribution is 2.02. The fourth-order valence-corrected chi connectivity index (χ4v) is 1.01. The largest absolute Gasteiger partial charge is 0.188 e. The normalized spacial score (nSPS) is 10.3. The topological polar surface area (TPSA) is 30.7 Å². The summed E-state index contributed by atoms with van der Waals surface area (Å²) in [4.78, 5) is 1.63. The second-order valence-electron chi connectivity index (χ2n) is 2.47. The van der Waals surface area contributed by atoms with Crippen molar-refractivity contribution in [1.82, 2.24) is 15.0 Å². The summed E-state index contributed by atoms with van der Waals surface area (Å²) < 4.78 is 0. The van der Waals surface area contributed by atoms with Gasteiger partial charge in [0.05, 0.1) is 11.4 Å². The summed E-state index contributed by atoms with van der Waals surface area (Å²) in [5, 5.41) is 8.34. The Bertz CT molecular complexity index is 215. The summed E-state index contributed by atoms with van der Waals surface area (Å²) in [6, 6.07) is 0. The Morgan fingerprint density at radius 3 is 2.50 bits per heavy atom. The van der Waals surface area contributed by atoms with Crippen LogP contribution in [0.2, 0.25) is 0 Å². The minimum absolute atomic E-state index is 1.04. The highest BCUT2D eigenvalue weighted by Gasteiger charge is 2.01. The van der Waals surface area contributed by atoms with Gasteiger partial charge in [-0.25, -0.2) is 0 Å². The molecule has 3 nitrogen and oxygen atoms in total. The summed E-state index contributed by atoms with van der Waals surface area (Å²) >= 11 is 0. The quantitative estimate of drug-likeness (QED) is 0.613. The highest BCUT2D eigenvalue weighted by atomic mass is 15.5. The third kappa shape index (κ3) is 1.35. The van der Waals surface area contributed by atoms with Gasteiger partial charge in [-0.15, -0.1) is 0 Å². The SMILES string of the molecule is CCCc1nn(C)nc1C. The van der Waals surface area contributed by atoms with E-state index in [1.165, 1.54) is 0 Å². The molecule has 0 saturated heterocycles. The van der Waals surface area contributed by atoms with Crippen molar-refractivity contribution in [2.75, 3.05) is 0 Å². The zero-order chi connectivity index (χ0) is 7.56. The first-order chi connectivity index (χ1) is 4.74. The van der Waals surface area contributed by atoms with Gasteiger partial charge in [0.15, 0.2) is 0 Å². The Balaban J connectivity index is 2.81. The van der Waals surface area contributed by atoms with E-state index < -0.39 is 0 Å². The number of hydrogen-bond donors (Lipinski definition) is 0. The van der Waals surface area contributed by atoms with Crippen LogP contribution in [0.25, 0.3) is 0 Å². The monoisotopic (exact) mass is 139 g/mol. The van der Waals surface area contributed by atoms with Gasteiger partial charge in [-0.05, 0) is 13.3 Å². The molecule has 1 aromatic heterocycles. The van der Waals surface area contributed by atoms with Gasteiger partial charge in [0.25, 0.3) is 0 Å². The van der Waals surface area contributed by atoms with E-state index in [9.17, 15) is 0 Å². The summed E-state index contributed by atoms with van der Waals surface area (Å²) in [6.07, 6.45) is 2.18. The molecule has 0 radical (unpaired) electrons. The Kier molecular flexibility index (Phi) is 2.04. The van der Waals surface area contributed by atoms with Crippen LogP contribution in [-0.4, -0.2) is 15.0 Å². The van der Waals surface area contributed by atoms with E-state index in [4.69, 9.17) is 0 Å². The van der Waals surface area contributed by atoms with E-state index in [1.54, 1.807) is 4.80 Å². The molecule has 0 saturated carbocycles. The standard InChI is InChI=1S/C7H13N3/c1-4-5-7-6(2)8-10(3)9-7/h4-5H2,1-3H3. The van der Waals surface area contributed by atoms with Crippen LogP contribution >= 0.6 is 0 Å². The van der Waals surface area contributed by atoms with Crippen LogP contribution in [0.15, 0.2) is 0 Å². The molecule has 0 aliphatic heterocycles. The maximum absolute atomic E-state index is 4.21. The molecule has 0 unspecified atom stereocenters. The summed E-state index contributed by atoms with van der Waals surface area (Å²) in [5.74, 6) is 0. The zero-order valence-corrected chi connectivity index (χ0v) is 6.76. The smallest absolute Gasteiger partial charge is 0.0856 e. The minimum Gasteiger partial charge on any atom is -0.188 e. The lowest BCUT2D eigenvalue weighted by molar-refractivity contribution is 0.640. The van der Waals surface area contributed by atoms with Crippen LogP contribution in [-0.2, 0) is 13.5 Å². The van der Waals surface area contributed by atoms with Gasteiger partial charge in [0.2, 0.25) is 0 Å². The van der Waals surface area contributed by atoms with Crippen LogP contribution in [0, 0.1) is 6.92 Å². The molecule has 1 heterocycles. The van der Waals surface area contributed by atoms with Gasteiger partial charge in [-0.3, -0.25) is 0 Å². The van der Waals surface area contributed by atoms with Gasteiger partial charge in [-0.2, -0.15) is 15.0 Å². The zero-order valence-electron chi connectivity index (χ0n) is 6.76. The lowest BCUT2D eigenvalue weighted by atomic mass is 10.2. The molecule has 56 valence electrons. The maximum atomic E-state index is 4.21. The molecule has 1 aromatic rings. The van der Waals surface area contributed by atoms with Crippen molar-refractivity contribution in [3.8, 4) is 0 Å². The fourth-order valence-electron chi connectivity index (χ4n) is 1.01.